The molecule has 1 amide bonds. The zero-order chi connectivity index (χ0) is 22.5. The quantitative estimate of drug-likeness (QED) is 0.533. The highest BCUT2D eigenvalue weighted by molar-refractivity contribution is 5.92. The molecule has 3 rings (SSSR count). The number of nitrogens with two attached hydrogens (primary N) is 1. The van der Waals surface area contributed by atoms with E-state index in [0.717, 1.165) is 23.4 Å². The van der Waals surface area contributed by atoms with Crippen LogP contribution in [0.3, 0.4) is 0 Å². The largest absolute Gasteiger partial charge is 0.456 e. The number of nitrogen functional groups attached to an aromatic ring is 1. The molecule has 9 nitrogen and oxygen atoms in total. The Morgan fingerprint density at radius 3 is 2.58 bits per heavy atom. The Bertz CT molecular complexity index is 1090. The number of nitrogens with one attached hydrogen (secondary N) is 1. The van der Waals surface area contributed by atoms with Gasteiger partial charge in [0.05, 0.1) is 0 Å². The number of hydrogen-bond acceptors (Lipinski definition) is 7. The maximum Gasteiger partial charge on any atom is 0.306 e. The molecule has 2 heterocycles. The molecule has 0 aliphatic heterocycles. The van der Waals surface area contributed by atoms with Crippen LogP contribution in [0.15, 0.2) is 24.3 Å². The van der Waals surface area contributed by atoms with Crippen LogP contribution in [0.2, 0.25) is 0 Å². The van der Waals surface area contributed by atoms with E-state index in [2.05, 4.69) is 34.2 Å². The second kappa shape index (κ2) is 9.55. The molecule has 0 bridgehead atoms. The van der Waals surface area contributed by atoms with E-state index in [1.165, 1.54) is 5.56 Å². The highest BCUT2D eigenvalue weighted by Gasteiger charge is 2.15. The number of aryl methyl sites for hydroxylation is 2. The number of nitrogens with zero attached hydrogens (tertiary/aromatic N) is 4. The van der Waals surface area contributed by atoms with Crippen LogP contribution < -0.4 is 11.1 Å². The zero-order valence-electron chi connectivity index (χ0n) is 18.3. The summed E-state index contributed by atoms with van der Waals surface area (Å²) in [5, 5.41) is 6.85. The Balaban J connectivity index is 1.50. The van der Waals surface area contributed by atoms with Gasteiger partial charge in [-0.3, -0.25) is 9.59 Å². The van der Waals surface area contributed by atoms with Crippen molar-refractivity contribution >= 4 is 29.3 Å². The second-order valence-corrected chi connectivity index (χ2v) is 7.58. The van der Waals surface area contributed by atoms with Crippen molar-refractivity contribution in [2.24, 2.45) is 0 Å². The predicted octanol–water partition coefficient (Wildman–Crippen LogP) is 2.95. The molecule has 0 saturated carbocycles. The first-order valence-corrected chi connectivity index (χ1v) is 10.3. The maximum atomic E-state index is 12.1. The summed E-state index contributed by atoms with van der Waals surface area (Å²) in [5.74, 6) is 0.202. The number of carbonyl (C=O) groups is 2. The monoisotopic (exact) mass is 424 g/mol. The third kappa shape index (κ3) is 5.36. The highest BCUT2D eigenvalue weighted by Crippen LogP contribution is 2.20. The van der Waals surface area contributed by atoms with E-state index in [0.29, 0.717) is 23.8 Å². The zero-order valence-corrected chi connectivity index (χ0v) is 18.3. The van der Waals surface area contributed by atoms with E-state index in [9.17, 15) is 9.59 Å². The normalized spacial score (nSPS) is 12.0. The Kier molecular flexibility index (Phi) is 6.84. The fraction of sp³-hybridized carbons (Fsp3) is 0.409. The van der Waals surface area contributed by atoms with Crippen molar-refractivity contribution < 1.29 is 14.3 Å². The smallest absolute Gasteiger partial charge is 0.306 e. The Morgan fingerprint density at radius 1 is 1.19 bits per heavy atom. The Morgan fingerprint density at radius 2 is 1.90 bits per heavy atom. The molecule has 0 saturated heterocycles. The third-order valence-electron chi connectivity index (χ3n) is 5.38. The van der Waals surface area contributed by atoms with E-state index in [1.807, 2.05) is 38.1 Å². The van der Waals surface area contributed by atoms with Gasteiger partial charge in [-0.25, -0.2) is 4.98 Å². The molecule has 0 radical (unpaired) electrons. The number of esters is 1. The number of rotatable bonds is 8. The van der Waals surface area contributed by atoms with Crippen molar-refractivity contribution in [1.29, 1.82) is 0 Å². The number of aromatic nitrogens is 4. The van der Waals surface area contributed by atoms with E-state index in [1.54, 1.807) is 4.52 Å². The number of hydrogen-bond donors (Lipinski definition) is 2. The van der Waals surface area contributed by atoms with Crippen LogP contribution in [0.25, 0.3) is 5.78 Å². The molecule has 0 spiro atoms. The first-order chi connectivity index (χ1) is 14.8. The van der Waals surface area contributed by atoms with Gasteiger partial charge in [-0.05, 0) is 55.9 Å². The van der Waals surface area contributed by atoms with Crippen LogP contribution >= 0.6 is 0 Å². The highest BCUT2D eigenvalue weighted by atomic mass is 16.5. The minimum absolute atomic E-state index is 0.121. The molecule has 1 atom stereocenters. The van der Waals surface area contributed by atoms with Gasteiger partial charge in [0.2, 0.25) is 5.95 Å². The lowest BCUT2D eigenvalue weighted by atomic mass is 9.99. The Hall–Kier alpha value is -3.49. The number of ether oxygens (including phenoxy) is 1. The topological polar surface area (TPSA) is 124 Å². The number of fused-ring (bicyclic) bond motifs is 1. The molecular weight excluding hydrogens is 396 g/mol. The van der Waals surface area contributed by atoms with Gasteiger partial charge < -0.3 is 15.8 Å². The Labute approximate surface area is 181 Å². The number of anilines is 2. The minimum atomic E-state index is -0.459. The minimum Gasteiger partial charge on any atom is -0.456 e. The van der Waals surface area contributed by atoms with Gasteiger partial charge in [-0.15, -0.1) is 5.10 Å². The van der Waals surface area contributed by atoms with Crippen molar-refractivity contribution in [1.82, 2.24) is 19.6 Å². The first-order valence-electron chi connectivity index (χ1n) is 10.3. The lowest BCUT2D eigenvalue weighted by Gasteiger charge is -2.11. The van der Waals surface area contributed by atoms with Gasteiger partial charge in [-0.1, -0.05) is 26.0 Å². The van der Waals surface area contributed by atoms with Gasteiger partial charge in [0.25, 0.3) is 11.7 Å². The summed E-state index contributed by atoms with van der Waals surface area (Å²) in [5.41, 5.74) is 9.98. The summed E-state index contributed by atoms with van der Waals surface area (Å²) in [6, 6.07) is 7.70. The van der Waals surface area contributed by atoms with Gasteiger partial charge in [0, 0.05) is 23.5 Å². The molecule has 2 aromatic heterocycles. The van der Waals surface area contributed by atoms with E-state index < -0.39 is 5.97 Å². The molecule has 0 aliphatic rings. The van der Waals surface area contributed by atoms with Gasteiger partial charge in [0.1, 0.15) is 0 Å². The van der Waals surface area contributed by atoms with Crippen LogP contribution in [-0.4, -0.2) is 38.1 Å². The molecule has 31 heavy (non-hydrogen) atoms. The lowest BCUT2D eigenvalue weighted by Crippen LogP contribution is -2.21. The summed E-state index contributed by atoms with van der Waals surface area (Å²) in [6.45, 7) is 7.68. The summed E-state index contributed by atoms with van der Waals surface area (Å²) >= 11 is 0. The van der Waals surface area contributed by atoms with Crippen molar-refractivity contribution in [3.63, 3.8) is 0 Å². The van der Waals surface area contributed by atoms with Crippen LogP contribution in [0.5, 0.6) is 0 Å². The van der Waals surface area contributed by atoms with Crippen LogP contribution in [0.1, 0.15) is 55.1 Å². The fourth-order valence-corrected chi connectivity index (χ4v) is 3.36. The van der Waals surface area contributed by atoms with Crippen molar-refractivity contribution in [2.75, 3.05) is 17.7 Å². The molecule has 0 unspecified atom stereocenters. The average molecular weight is 425 g/mol. The standard InChI is InChI=1S/C22H28N6O3/c1-5-13(2)16-6-8-17(9-7-16)25-19(29)12-31-20(30)11-10-18-14(3)24-22-26-21(23)27-28(22)15(18)4/h6-9,13H,5,10-12H2,1-4H3,(H2,23,27)(H,25,29)/t13-/m1/s1. The molecule has 0 aliphatic carbocycles. The second-order valence-electron chi connectivity index (χ2n) is 7.58. The summed E-state index contributed by atoms with van der Waals surface area (Å²) < 4.78 is 6.68. The lowest BCUT2D eigenvalue weighted by molar-refractivity contribution is -0.147. The van der Waals surface area contributed by atoms with E-state index in [-0.39, 0.29) is 24.9 Å². The fourth-order valence-electron chi connectivity index (χ4n) is 3.36. The van der Waals surface area contributed by atoms with Crippen molar-refractivity contribution in [3.8, 4) is 0 Å². The third-order valence-corrected chi connectivity index (χ3v) is 5.38. The molecule has 3 N–H and O–H groups in total. The maximum absolute atomic E-state index is 12.1. The van der Waals surface area contributed by atoms with E-state index >= 15 is 0 Å². The van der Waals surface area contributed by atoms with Gasteiger partial charge in [-0.2, -0.15) is 9.50 Å². The van der Waals surface area contributed by atoms with Crippen molar-refractivity contribution in [3.05, 3.63) is 46.8 Å². The van der Waals surface area contributed by atoms with Gasteiger partial charge >= 0.3 is 5.97 Å². The molecular formula is C22H28N6O3. The van der Waals surface area contributed by atoms with Crippen LogP contribution in [0, 0.1) is 13.8 Å². The van der Waals surface area contributed by atoms with Crippen LogP contribution in [0.4, 0.5) is 11.6 Å². The summed E-state index contributed by atoms with van der Waals surface area (Å²) in [7, 11) is 0. The first kappa shape index (κ1) is 22.2. The number of amides is 1. The molecule has 164 valence electrons. The van der Waals surface area contributed by atoms with E-state index in [4.69, 9.17) is 10.5 Å². The summed E-state index contributed by atoms with van der Waals surface area (Å²) in [4.78, 5) is 32.7. The van der Waals surface area contributed by atoms with Crippen LogP contribution in [-0.2, 0) is 20.7 Å². The predicted molar refractivity (Wildman–Crippen MR) is 118 cm³/mol. The van der Waals surface area contributed by atoms with Gasteiger partial charge in [0.15, 0.2) is 6.61 Å². The summed E-state index contributed by atoms with van der Waals surface area (Å²) in [6.07, 6.45) is 1.59. The van der Waals surface area contributed by atoms with Crippen molar-refractivity contribution in [2.45, 2.75) is 52.9 Å². The number of benzene rings is 1. The SMILES string of the molecule is CC[C@@H](C)c1ccc(NC(=O)COC(=O)CCc2c(C)nc3nc(N)nn3c2C)cc1. The molecule has 9 heteroatoms. The molecule has 1 aromatic carbocycles. The molecule has 0 fully saturated rings. The molecule has 3 aromatic rings. The average Bonchev–Trinajstić information content (AvgIpc) is 3.12. The number of carbonyl (C=O) groups excluding carboxylic acids is 2.